The number of nitrogens with one attached hydrogen (secondary N) is 1. The summed E-state index contributed by atoms with van der Waals surface area (Å²) in [5, 5.41) is 12.1. The van der Waals surface area contributed by atoms with E-state index < -0.39 is 11.4 Å². The van der Waals surface area contributed by atoms with Gasteiger partial charge in [-0.25, -0.2) is 4.39 Å². The molecular weight excluding hydrogens is 273 g/mol. The Morgan fingerprint density at radius 1 is 1.29 bits per heavy atom. The third kappa shape index (κ3) is 4.03. The van der Waals surface area contributed by atoms with Crippen molar-refractivity contribution in [1.29, 1.82) is 0 Å². The first-order valence-electron chi connectivity index (χ1n) is 7.26. The lowest BCUT2D eigenvalue weighted by Crippen LogP contribution is -2.36. The van der Waals surface area contributed by atoms with Crippen molar-refractivity contribution in [2.24, 2.45) is 5.41 Å². The zero-order valence-corrected chi connectivity index (χ0v) is 11.9. The van der Waals surface area contributed by atoms with Crippen LogP contribution in [0.4, 0.5) is 4.39 Å². The SMILES string of the molecule is O=C(CC1(C(=O)O)CCCC1)NCCc1cccc(F)c1. The maximum atomic E-state index is 13.0. The molecule has 2 N–H and O–H groups in total. The van der Waals surface area contributed by atoms with E-state index in [1.165, 1.54) is 12.1 Å². The number of amides is 1. The summed E-state index contributed by atoms with van der Waals surface area (Å²) < 4.78 is 13.0. The topological polar surface area (TPSA) is 66.4 Å². The monoisotopic (exact) mass is 293 g/mol. The van der Waals surface area contributed by atoms with Crippen molar-refractivity contribution in [1.82, 2.24) is 5.32 Å². The smallest absolute Gasteiger partial charge is 0.310 e. The predicted octanol–water partition coefficient (Wildman–Crippen LogP) is 2.52. The number of carbonyl (C=O) groups is 2. The third-order valence-electron chi connectivity index (χ3n) is 4.14. The highest BCUT2D eigenvalue weighted by Crippen LogP contribution is 2.41. The molecular formula is C16H20FNO3. The first-order valence-corrected chi connectivity index (χ1v) is 7.26. The number of carboxylic acid groups (broad SMARTS) is 1. The predicted molar refractivity (Wildman–Crippen MR) is 76.3 cm³/mol. The van der Waals surface area contributed by atoms with Gasteiger partial charge in [0, 0.05) is 13.0 Å². The number of hydrogen-bond acceptors (Lipinski definition) is 2. The van der Waals surface area contributed by atoms with Gasteiger partial charge in [0.15, 0.2) is 0 Å². The van der Waals surface area contributed by atoms with Crippen LogP contribution in [0.15, 0.2) is 24.3 Å². The minimum Gasteiger partial charge on any atom is -0.481 e. The molecule has 0 bridgehead atoms. The standard InChI is InChI=1S/C16H20FNO3/c17-13-5-3-4-12(10-13)6-9-18-14(19)11-16(15(20)21)7-1-2-8-16/h3-5,10H,1-2,6-9,11H2,(H,18,19)(H,20,21). The van der Waals surface area contributed by atoms with Crippen molar-refractivity contribution in [3.63, 3.8) is 0 Å². The molecule has 114 valence electrons. The van der Waals surface area contributed by atoms with Crippen LogP contribution in [0.5, 0.6) is 0 Å². The summed E-state index contributed by atoms with van der Waals surface area (Å²) in [6.07, 6.45) is 3.43. The van der Waals surface area contributed by atoms with E-state index in [1.54, 1.807) is 12.1 Å². The zero-order chi connectivity index (χ0) is 15.3. The van der Waals surface area contributed by atoms with E-state index in [2.05, 4.69) is 5.32 Å². The van der Waals surface area contributed by atoms with E-state index in [-0.39, 0.29) is 18.1 Å². The van der Waals surface area contributed by atoms with Gasteiger partial charge in [0.1, 0.15) is 5.82 Å². The van der Waals surface area contributed by atoms with Crippen molar-refractivity contribution < 1.29 is 19.1 Å². The molecule has 0 unspecified atom stereocenters. The van der Waals surface area contributed by atoms with Gasteiger partial charge in [-0.1, -0.05) is 25.0 Å². The molecule has 0 spiro atoms. The summed E-state index contributed by atoms with van der Waals surface area (Å²) in [5.74, 6) is -1.41. The highest BCUT2D eigenvalue weighted by molar-refractivity contribution is 5.85. The molecule has 1 fully saturated rings. The molecule has 1 aromatic carbocycles. The molecule has 1 aromatic rings. The minimum absolute atomic E-state index is 0.0332. The second-order valence-electron chi connectivity index (χ2n) is 5.70. The lowest BCUT2D eigenvalue weighted by molar-refractivity contribution is -0.151. The summed E-state index contributed by atoms with van der Waals surface area (Å²) in [4.78, 5) is 23.3. The molecule has 0 atom stereocenters. The molecule has 2 rings (SSSR count). The molecule has 0 aliphatic heterocycles. The lowest BCUT2D eigenvalue weighted by Gasteiger charge is -2.22. The maximum Gasteiger partial charge on any atom is 0.310 e. The number of aliphatic carboxylic acids is 1. The quantitative estimate of drug-likeness (QED) is 0.847. The summed E-state index contributed by atoms with van der Waals surface area (Å²) in [6, 6.07) is 6.23. The van der Waals surface area contributed by atoms with E-state index in [1.807, 2.05) is 0 Å². The molecule has 1 saturated carbocycles. The van der Waals surface area contributed by atoms with Crippen molar-refractivity contribution in [3.05, 3.63) is 35.6 Å². The Morgan fingerprint density at radius 3 is 2.62 bits per heavy atom. The zero-order valence-electron chi connectivity index (χ0n) is 11.9. The van der Waals surface area contributed by atoms with E-state index in [0.717, 1.165) is 18.4 Å². The molecule has 5 heteroatoms. The molecule has 21 heavy (non-hydrogen) atoms. The summed E-state index contributed by atoms with van der Waals surface area (Å²) in [5.41, 5.74) is -0.0766. The third-order valence-corrected chi connectivity index (χ3v) is 4.14. The van der Waals surface area contributed by atoms with Gasteiger partial charge in [0.2, 0.25) is 5.91 Å². The fourth-order valence-corrected chi connectivity index (χ4v) is 2.93. The van der Waals surface area contributed by atoms with Gasteiger partial charge in [0.05, 0.1) is 5.41 Å². The number of benzene rings is 1. The Kier molecular flexibility index (Phi) is 4.94. The number of rotatable bonds is 6. The molecule has 4 nitrogen and oxygen atoms in total. The van der Waals surface area contributed by atoms with Crippen LogP contribution in [0.3, 0.4) is 0 Å². The Hall–Kier alpha value is -1.91. The van der Waals surface area contributed by atoms with Gasteiger partial charge in [-0.05, 0) is 37.0 Å². The van der Waals surface area contributed by atoms with Crippen LogP contribution in [0.2, 0.25) is 0 Å². The number of carboxylic acids is 1. The number of carbonyl (C=O) groups excluding carboxylic acids is 1. The van der Waals surface area contributed by atoms with Gasteiger partial charge in [0.25, 0.3) is 0 Å². The van der Waals surface area contributed by atoms with Crippen LogP contribution < -0.4 is 5.32 Å². The molecule has 1 aliphatic carbocycles. The number of halogens is 1. The normalized spacial score (nSPS) is 16.6. The van der Waals surface area contributed by atoms with Crippen LogP contribution >= 0.6 is 0 Å². The highest BCUT2D eigenvalue weighted by atomic mass is 19.1. The molecule has 1 amide bonds. The largest absolute Gasteiger partial charge is 0.481 e. The first-order chi connectivity index (χ1) is 10.0. The van der Waals surface area contributed by atoms with Gasteiger partial charge >= 0.3 is 5.97 Å². The van der Waals surface area contributed by atoms with Gasteiger partial charge < -0.3 is 10.4 Å². The molecule has 1 aliphatic rings. The minimum atomic E-state index is -0.886. The van der Waals surface area contributed by atoms with Gasteiger partial charge in [-0.15, -0.1) is 0 Å². The Bertz CT molecular complexity index is 524. The van der Waals surface area contributed by atoms with Crippen LogP contribution in [0.25, 0.3) is 0 Å². The van der Waals surface area contributed by atoms with Crippen LogP contribution in [-0.2, 0) is 16.0 Å². The van der Waals surface area contributed by atoms with E-state index in [4.69, 9.17) is 0 Å². The van der Waals surface area contributed by atoms with Gasteiger partial charge in [-0.2, -0.15) is 0 Å². The van der Waals surface area contributed by atoms with Crippen molar-refractivity contribution in [2.45, 2.75) is 38.5 Å². The van der Waals surface area contributed by atoms with E-state index >= 15 is 0 Å². The highest BCUT2D eigenvalue weighted by Gasteiger charge is 2.42. The molecule has 0 heterocycles. The maximum absolute atomic E-state index is 13.0. The average molecular weight is 293 g/mol. The summed E-state index contributed by atoms with van der Waals surface area (Å²) in [6.45, 7) is 0.387. The Morgan fingerprint density at radius 2 is 2.00 bits per heavy atom. The number of hydrogen-bond donors (Lipinski definition) is 2. The van der Waals surface area contributed by atoms with E-state index in [9.17, 15) is 19.1 Å². The van der Waals surface area contributed by atoms with Gasteiger partial charge in [-0.3, -0.25) is 9.59 Å². The average Bonchev–Trinajstić information content (AvgIpc) is 2.88. The van der Waals surface area contributed by atoms with Crippen LogP contribution in [0, 0.1) is 11.2 Å². The van der Waals surface area contributed by atoms with Crippen molar-refractivity contribution >= 4 is 11.9 Å². The summed E-state index contributed by atoms with van der Waals surface area (Å²) in [7, 11) is 0. The first kappa shape index (κ1) is 15.5. The Balaban J connectivity index is 1.81. The summed E-state index contributed by atoms with van der Waals surface area (Å²) >= 11 is 0. The fraction of sp³-hybridized carbons (Fsp3) is 0.500. The van der Waals surface area contributed by atoms with Crippen molar-refractivity contribution in [2.75, 3.05) is 6.54 Å². The second kappa shape index (κ2) is 6.70. The lowest BCUT2D eigenvalue weighted by atomic mass is 9.82. The van der Waals surface area contributed by atoms with Crippen molar-refractivity contribution in [3.8, 4) is 0 Å². The van der Waals surface area contributed by atoms with Crippen LogP contribution in [0.1, 0.15) is 37.7 Å². The molecule has 0 radical (unpaired) electrons. The Labute approximate surface area is 123 Å². The van der Waals surface area contributed by atoms with E-state index in [0.29, 0.717) is 25.8 Å². The second-order valence-corrected chi connectivity index (χ2v) is 5.70. The molecule has 0 aromatic heterocycles. The fourth-order valence-electron chi connectivity index (χ4n) is 2.93. The van der Waals surface area contributed by atoms with Crippen LogP contribution in [-0.4, -0.2) is 23.5 Å². The molecule has 0 saturated heterocycles.